The van der Waals surface area contributed by atoms with E-state index in [0.29, 0.717) is 5.92 Å². The van der Waals surface area contributed by atoms with Gasteiger partial charge in [-0.25, -0.2) is 4.98 Å². The summed E-state index contributed by atoms with van der Waals surface area (Å²) in [5, 5.41) is 0. The van der Waals surface area contributed by atoms with Gasteiger partial charge in [0.15, 0.2) is 0 Å². The van der Waals surface area contributed by atoms with Crippen LogP contribution in [0.3, 0.4) is 0 Å². The number of imidazole rings is 1. The first-order valence-electron chi connectivity index (χ1n) is 4.54. The standard InChI is InChI=1S/C10H13N3/c1-7(2)5-10-12-8-3-4-11-6-9(8)13-10/h3-4,6-7H,5H2,1-2H3,(H,12,13). The molecule has 0 saturated heterocycles. The molecule has 2 aromatic rings. The van der Waals surface area contributed by atoms with E-state index in [9.17, 15) is 0 Å². The molecule has 0 bridgehead atoms. The zero-order valence-electron chi connectivity index (χ0n) is 7.91. The lowest BCUT2D eigenvalue weighted by Crippen LogP contribution is -1.95. The number of nitrogens with one attached hydrogen (secondary N) is 1. The molecule has 0 aliphatic rings. The lowest BCUT2D eigenvalue weighted by Gasteiger charge is -1.98. The second kappa shape index (κ2) is 3.17. The van der Waals surface area contributed by atoms with Crippen LogP contribution in [-0.2, 0) is 6.42 Å². The van der Waals surface area contributed by atoms with Crippen molar-refractivity contribution in [2.75, 3.05) is 0 Å². The topological polar surface area (TPSA) is 41.6 Å². The van der Waals surface area contributed by atoms with Crippen LogP contribution in [0.25, 0.3) is 11.0 Å². The summed E-state index contributed by atoms with van der Waals surface area (Å²) in [5.74, 6) is 1.69. The van der Waals surface area contributed by atoms with Crippen LogP contribution in [0.1, 0.15) is 19.7 Å². The van der Waals surface area contributed by atoms with E-state index in [4.69, 9.17) is 0 Å². The largest absolute Gasteiger partial charge is 0.342 e. The highest BCUT2D eigenvalue weighted by molar-refractivity contribution is 5.73. The Morgan fingerprint density at radius 3 is 3.00 bits per heavy atom. The van der Waals surface area contributed by atoms with E-state index < -0.39 is 0 Å². The number of H-pyrrole nitrogens is 1. The average Bonchev–Trinajstić information content (AvgIpc) is 2.44. The van der Waals surface area contributed by atoms with Gasteiger partial charge in [0.05, 0.1) is 11.7 Å². The van der Waals surface area contributed by atoms with Gasteiger partial charge in [-0.2, -0.15) is 0 Å². The second-order valence-electron chi connectivity index (χ2n) is 3.67. The molecule has 0 radical (unpaired) electrons. The predicted molar refractivity (Wildman–Crippen MR) is 52.4 cm³/mol. The normalized spacial score (nSPS) is 11.3. The van der Waals surface area contributed by atoms with Gasteiger partial charge in [0.25, 0.3) is 0 Å². The highest BCUT2D eigenvalue weighted by atomic mass is 14.9. The highest BCUT2D eigenvalue weighted by Crippen LogP contribution is 2.11. The molecule has 68 valence electrons. The fraction of sp³-hybridized carbons (Fsp3) is 0.400. The summed E-state index contributed by atoms with van der Waals surface area (Å²) in [6.45, 7) is 4.37. The number of aromatic nitrogens is 3. The van der Waals surface area contributed by atoms with E-state index in [2.05, 4.69) is 28.8 Å². The maximum Gasteiger partial charge on any atom is 0.107 e. The second-order valence-corrected chi connectivity index (χ2v) is 3.67. The Bertz CT molecular complexity index is 370. The summed E-state index contributed by atoms with van der Waals surface area (Å²) in [6, 6.07) is 1.95. The summed E-state index contributed by atoms with van der Waals surface area (Å²) < 4.78 is 0. The van der Waals surface area contributed by atoms with Crippen LogP contribution >= 0.6 is 0 Å². The minimum Gasteiger partial charge on any atom is -0.342 e. The molecule has 3 nitrogen and oxygen atoms in total. The molecular weight excluding hydrogens is 162 g/mol. The molecule has 0 unspecified atom stereocenters. The third kappa shape index (κ3) is 1.69. The fourth-order valence-electron chi connectivity index (χ4n) is 1.39. The highest BCUT2D eigenvalue weighted by Gasteiger charge is 2.03. The Kier molecular flexibility index (Phi) is 2.00. The van der Waals surface area contributed by atoms with Crippen LogP contribution in [0.4, 0.5) is 0 Å². The Balaban J connectivity index is 2.38. The summed E-state index contributed by atoms with van der Waals surface area (Å²) in [5.41, 5.74) is 2.03. The van der Waals surface area contributed by atoms with Crippen molar-refractivity contribution in [1.29, 1.82) is 0 Å². The van der Waals surface area contributed by atoms with Gasteiger partial charge < -0.3 is 4.98 Å². The number of aromatic amines is 1. The summed E-state index contributed by atoms with van der Waals surface area (Å²) >= 11 is 0. The molecule has 13 heavy (non-hydrogen) atoms. The molecule has 0 atom stereocenters. The molecular formula is C10H13N3. The van der Waals surface area contributed by atoms with Gasteiger partial charge in [-0.15, -0.1) is 0 Å². The van der Waals surface area contributed by atoms with E-state index in [0.717, 1.165) is 23.3 Å². The maximum absolute atomic E-state index is 4.43. The molecule has 0 saturated carbocycles. The molecule has 0 fully saturated rings. The smallest absolute Gasteiger partial charge is 0.107 e. The van der Waals surface area contributed by atoms with Crippen LogP contribution in [0.15, 0.2) is 18.5 Å². The number of rotatable bonds is 2. The van der Waals surface area contributed by atoms with Crippen molar-refractivity contribution >= 4 is 11.0 Å². The van der Waals surface area contributed by atoms with Gasteiger partial charge in [0.2, 0.25) is 0 Å². The van der Waals surface area contributed by atoms with E-state index >= 15 is 0 Å². The average molecular weight is 175 g/mol. The Morgan fingerprint density at radius 2 is 2.31 bits per heavy atom. The molecule has 0 spiro atoms. The fourth-order valence-corrected chi connectivity index (χ4v) is 1.39. The molecule has 2 aromatic heterocycles. The molecule has 0 aliphatic carbocycles. The van der Waals surface area contributed by atoms with Crippen molar-refractivity contribution in [3.8, 4) is 0 Å². The molecule has 2 rings (SSSR count). The third-order valence-electron chi connectivity index (χ3n) is 1.94. The van der Waals surface area contributed by atoms with Gasteiger partial charge in [-0.1, -0.05) is 13.8 Å². The van der Waals surface area contributed by atoms with Crippen LogP contribution in [0.2, 0.25) is 0 Å². The molecule has 0 amide bonds. The van der Waals surface area contributed by atoms with Crippen molar-refractivity contribution < 1.29 is 0 Å². The van der Waals surface area contributed by atoms with Gasteiger partial charge in [-0.3, -0.25) is 4.98 Å². The minimum absolute atomic E-state index is 0.633. The van der Waals surface area contributed by atoms with Crippen LogP contribution in [0, 0.1) is 5.92 Å². The lowest BCUT2D eigenvalue weighted by molar-refractivity contribution is 0.627. The van der Waals surface area contributed by atoms with Gasteiger partial charge >= 0.3 is 0 Å². The number of pyridine rings is 1. The van der Waals surface area contributed by atoms with Crippen LogP contribution < -0.4 is 0 Å². The lowest BCUT2D eigenvalue weighted by atomic mass is 10.1. The molecule has 2 heterocycles. The van der Waals surface area contributed by atoms with Gasteiger partial charge in [0.1, 0.15) is 11.3 Å². The van der Waals surface area contributed by atoms with Gasteiger partial charge in [0, 0.05) is 12.6 Å². The van der Waals surface area contributed by atoms with Crippen molar-refractivity contribution in [2.24, 2.45) is 5.92 Å². The van der Waals surface area contributed by atoms with Crippen LogP contribution in [-0.4, -0.2) is 15.0 Å². The number of hydrogen-bond donors (Lipinski definition) is 1. The van der Waals surface area contributed by atoms with E-state index in [1.54, 1.807) is 12.4 Å². The van der Waals surface area contributed by atoms with Crippen molar-refractivity contribution in [3.05, 3.63) is 24.3 Å². The first kappa shape index (κ1) is 8.23. The zero-order valence-corrected chi connectivity index (χ0v) is 7.91. The summed E-state index contributed by atoms with van der Waals surface area (Å²) in [4.78, 5) is 11.7. The van der Waals surface area contributed by atoms with Crippen molar-refractivity contribution in [2.45, 2.75) is 20.3 Å². The summed E-state index contributed by atoms with van der Waals surface area (Å²) in [7, 11) is 0. The number of hydrogen-bond acceptors (Lipinski definition) is 2. The third-order valence-corrected chi connectivity index (χ3v) is 1.94. The number of nitrogens with zero attached hydrogens (tertiary/aromatic N) is 2. The predicted octanol–water partition coefficient (Wildman–Crippen LogP) is 2.16. The molecule has 3 heteroatoms. The summed E-state index contributed by atoms with van der Waals surface area (Å²) in [6.07, 6.45) is 4.56. The maximum atomic E-state index is 4.43. The molecule has 0 aliphatic heterocycles. The Morgan fingerprint density at radius 1 is 1.46 bits per heavy atom. The molecule has 0 aromatic carbocycles. The zero-order chi connectivity index (χ0) is 9.26. The van der Waals surface area contributed by atoms with Crippen molar-refractivity contribution in [3.63, 3.8) is 0 Å². The Hall–Kier alpha value is -1.38. The van der Waals surface area contributed by atoms with E-state index in [1.807, 2.05) is 6.07 Å². The molecule has 1 N–H and O–H groups in total. The van der Waals surface area contributed by atoms with E-state index in [-0.39, 0.29) is 0 Å². The first-order valence-corrected chi connectivity index (χ1v) is 4.54. The Labute approximate surface area is 77.2 Å². The van der Waals surface area contributed by atoms with Crippen LogP contribution in [0.5, 0.6) is 0 Å². The van der Waals surface area contributed by atoms with E-state index in [1.165, 1.54) is 0 Å². The monoisotopic (exact) mass is 175 g/mol. The van der Waals surface area contributed by atoms with Crippen molar-refractivity contribution in [1.82, 2.24) is 15.0 Å². The number of fused-ring (bicyclic) bond motifs is 1. The minimum atomic E-state index is 0.633. The quantitative estimate of drug-likeness (QED) is 0.759. The van der Waals surface area contributed by atoms with Gasteiger partial charge in [-0.05, 0) is 12.0 Å². The first-order chi connectivity index (χ1) is 6.25. The SMILES string of the molecule is CC(C)Cc1nc2cnccc2[nH]1.